The zero-order chi connectivity index (χ0) is 15.7. The van der Waals surface area contributed by atoms with Crippen molar-refractivity contribution in [2.45, 2.75) is 64.0 Å². The van der Waals surface area contributed by atoms with E-state index in [9.17, 15) is 4.79 Å². The summed E-state index contributed by atoms with van der Waals surface area (Å²) in [6.45, 7) is 4.37. The summed E-state index contributed by atoms with van der Waals surface area (Å²) in [7, 11) is 1.91. The molecule has 2 aliphatic rings. The van der Waals surface area contributed by atoms with Crippen molar-refractivity contribution in [3.05, 3.63) is 29.8 Å². The molecule has 22 heavy (non-hydrogen) atoms. The van der Waals surface area contributed by atoms with E-state index in [1.54, 1.807) is 0 Å². The number of nitrogens with zero attached hydrogens (tertiary/aromatic N) is 1. The number of amides is 1. The van der Waals surface area contributed by atoms with Gasteiger partial charge in [-0.2, -0.15) is 0 Å². The lowest BCUT2D eigenvalue weighted by Crippen LogP contribution is -2.40. The van der Waals surface area contributed by atoms with Crippen LogP contribution in [0, 0.1) is 5.92 Å². The number of anilines is 1. The van der Waals surface area contributed by atoms with E-state index in [1.807, 2.05) is 18.0 Å². The molecule has 1 N–H and O–H groups in total. The van der Waals surface area contributed by atoms with Crippen molar-refractivity contribution >= 4 is 11.6 Å². The number of carbonyl (C=O) groups is 1. The zero-order valence-corrected chi connectivity index (χ0v) is 14.0. The Balaban J connectivity index is 1.63. The molecule has 1 aromatic rings. The molecule has 2 atom stereocenters. The fourth-order valence-electron chi connectivity index (χ4n) is 3.96. The van der Waals surface area contributed by atoms with Crippen LogP contribution in [0.2, 0.25) is 0 Å². The van der Waals surface area contributed by atoms with Gasteiger partial charge in [0.05, 0.1) is 0 Å². The van der Waals surface area contributed by atoms with Gasteiger partial charge >= 0.3 is 0 Å². The van der Waals surface area contributed by atoms with Crippen LogP contribution in [-0.4, -0.2) is 25.0 Å². The number of rotatable bonds is 4. The van der Waals surface area contributed by atoms with E-state index < -0.39 is 0 Å². The number of piperidine rings is 1. The van der Waals surface area contributed by atoms with Crippen molar-refractivity contribution in [3.63, 3.8) is 0 Å². The van der Waals surface area contributed by atoms with E-state index in [0.29, 0.717) is 30.3 Å². The molecule has 2 unspecified atom stereocenters. The Kier molecular flexibility index (Phi) is 4.53. The van der Waals surface area contributed by atoms with Gasteiger partial charge in [-0.1, -0.05) is 26.0 Å². The van der Waals surface area contributed by atoms with E-state index in [-0.39, 0.29) is 5.91 Å². The average Bonchev–Trinajstić information content (AvgIpc) is 2.85. The minimum atomic E-state index is 0.257. The number of fused-ring (bicyclic) bond motifs is 2. The Morgan fingerprint density at radius 1 is 1.27 bits per heavy atom. The third-order valence-electron chi connectivity index (χ3n) is 5.33. The molecule has 120 valence electrons. The maximum atomic E-state index is 12.6. The van der Waals surface area contributed by atoms with Gasteiger partial charge in [0, 0.05) is 31.2 Å². The van der Waals surface area contributed by atoms with Gasteiger partial charge in [0.1, 0.15) is 0 Å². The highest BCUT2D eigenvalue weighted by molar-refractivity contribution is 5.93. The first-order valence-corrected chi connectivity index (χ1v) is 8.65. The third-order valence-corrected chi connectivity index (χ3v) is 5.33. The fraction of sp³-hybridized carbons (Fsp3) is 0.632. The quantitative estimate of drug-likeness (QED) is 0.919. The minimum Gasteiger partial charge on any atom is -0.315 e. The molecule has 0 aromatic heterocycles. The summed E-state index contributed by atoms with van der Waals surface area (Å²) in [5.74, 6) is 1.30. The van der Waals surface area contributed by atoms with Gasteiger partial charge in [0.25, 0.3) is 0 Å². The second-order valence-electron chi connectivity index (χ2n) is 7.38. The van der Waals surface area contributed by atoms with Gasteiger partial charge < -0.3 is 10.2 Å². The van der Waals surface area contributed by atoms with Crippen molar-refractivity contribution in [1.29, 1.82) is 0 Å². The monoisotopic (exact) mass is 300 g/mol. The van der Waals surface area contributed by atoms with Gasteiger partial charge in [-0.25, -0.2) is 0 Å². The van der Waals surface area contributed by atoms with Gasteiger partial charge in [0.2, 0.25) is 5.91 Å². The van der Waals surface area contributed by atoms with Crippen molar-refractivity contribution in [2.75, 3.05) is 11.9 Å². The van der Waals surface area contributed by atoms with Gasteiger partial charge in [-0.05, 0) is 55.2 Å². The summed E-state index contributed by atoms with van der Waals surface area (Å²) in [5, 5.41) is 3.65. The molecule has 1 aromatic carbocycles. The topological polar surface area (TPSA) is 32.3 Å². The molecule has 0 aliphatic carbocycles. The predicted octanol–water partition coefficient (Wildman–Crippen LogP) is 3.69. The summed E-state index contributed by atoms with van der Waals surface area (Å²) >= 11 is 0. The van der Waals surface area contributed by atoms with Crippen molar-refractivity contribution in [1.82, 2.24) is 5.32 Å². The molecular formula is C19H28N2O. The Morgan fingerprint density at radius 3 is 2.59 bits per heavy atom. The normalized spacial score (nSPS) is 27.2. The smallest absolute Gasteiger partial charge is 0.226 e. The first kappa shape index (κ1) is 15.5. The Hall–Kier alpha value is -1.35. The molecule has 2 fully saturated rings. The van der Waals surface area contributed by atoms with E-state index in [2.05, 4.69) is 37.4 Å². The molecule has 3 heteroatoms. The zero-order valence-electron chi connectivity index (χ0n) is 14.0. The summed E-state index contributed by atoms with van der Waals surface area (Å²) in [4.78, 5) is 14.5. The van der Waals surface area contributed by atoms with Crippen LogP contribution in [0.1, 0.15) is 57.4 Å². The molecule has 0 spiro atoms. The van der Waals surface area contributed by atoms with Gasteiger partial charge in [-0.15, -0.1) is 0 Å². The number of benzene rings is 1. The number of hydrogen-bond acceptors (Lipinski definition) is 2. The summed E-state index contributed by atoms with van der Waals surface area (Å²) < 4.78 is 0. The molecule has 0 radical (unpaired) electrons. The van der Waals surface area contributed by atoms with Crippen molar-refractivity contribution < 1.29 is 4.79 Å². The van der Waals surface area contributed by atoms with Crippen LogP contribution < -0.4 is 10.2 Å². The summed E-state index contributed by atoms with van der Waals surface area (Å²) in [6, 6.07) is 9.69. The number of hydrogen-bond donors (Lipinski definition) is 1. The van der Waals surface area contributed by atoms with Gasteiger partial charge in [0.15, 0.2) is 0 Å². The van der Waals surface area contributed by atoms with Crippen LogP contribution in [0.4, 0.5) is 5.69 Å². The van der Waals surface area contributed by atoms with Crippen LogP contribution in [0.25, 0.3) is 0 Å². The lowest BCUT2D eigenvalue weighted by Gasteiger charge is -2.30. The molecule has 2 bridgehead atoms. The summed E-state index contributed by atoms with van der Waals surface area (Å²) in [5.41, 5.74) is 2.31. The van der Waals surface area contributed by atoms with Crippen LogP contribution in [0.15, 0.2) is 24.3 Å². The Bertz CT molecular complexity index is 528. The molecule has 2 aliphatic heterocycles. The Labute approximate surface area is 134 Å². The van der Waals surface area contributed by atoms with E-state index in [1.165, 1.54) is 31.2 Å². The maximum Gasteiger partial charge on any atom is 0.226 e. The van der Waals surface area contributed by atoms with Crippen LogP contribution in [-0.2, 0) is 4.79 Å². The SMILES string of the molecule is CC(C)c1cccc(N(C)C(=O)CC2CC3CCC(C2)N3)c1. The van der Waals surface area contributed by atoms with Crippen molar-refractivity contribution in [2.24, 2.45) is 5.92 Å². The largest absolute Gasteiger partial charge is 0.315 e. The predicted molar refractivity (Wildman–Crippen MR) is 91.2 cm³/mol. The first-order valence-electron chi connectivity index (χ1n) is 8.65. The van der Waals surface area contributed by atoms with Crippen LogP contribution >= 0.6 is 0 Å². The molecule has 3 nitrogen and oxygen atoms in total. The van der Waals surface area contributed by atoms with Gasteiger partial charge in [-0.3, -0.25) is 4.79 Å². The molecule has 3 rings (SSSR count). The molecule has 1 amide bonds. The first-order chi connectivity index (χ1) is 10.5. The molecule has 0 saturated carbocycles. The van der Waals surface area contributed by atoms with E-state index in [0.717, 1.165) is 5.69 Å². The third kappa shape index (κ3) is 3.35. The lowest BCUT2D eigenvalue weighted by molar-refractivity contribution is -0.119. The fourth-order valence-corrected chi connectivity index (χ4v) is 3.96. The number of nitrogens with one attached hydrogen (secondary N) is 1. The Morgan fingerprint density at radius 2 is 1.95 bits per heavy atom. The highest BCUT2D eigenvalue weighted by Crippen LogP contribution is 2.33. The van der Waals surface area contributed by atoms with Crippen LogP contribution in [0.5, 0.6) is 0 Å². The lowest BCUT2D eigenvalue weighted by atomic mass is 9.89. The van der Waals surface area contributed by atoms with E-state index >= 15 is 0 Å². The number of carbonyl (C=O) groups excluding carboxylic acids is 1. The maximum absolute atomic E-state index is 12.6. The second kappa shape index (κ2) is 6.41. The highest BCUT2D eigenvalue weighted by Gasteiger charge is 2.34. The highest BCUT2D eigenvalue weighted by atomic mass is 16.2. The standard InChI is InChI=1S/C19H28N2O/c1-13(2)15-5-4-6-18(12-15)21(3)19(22)11-14-9-16-7-8-17(10-14)20-16/h4-6,12-14,16-17,20H,7-11H2,1-3H3. The molecule has 2 heterocycles. The van der Waals surface area contributed by atoms with Crippen LogP contribution in [0.3, 0.4) is 0 Å². The average molecular weight is 300 g/mol. The molecular weight excluding hydrogens is 272 g/mol. The summed E-state index contributed by atoms with van der Waals surface area (Å²) in [6.07, 6.45) is 5.62. The van der Waals surface area contributed by atoms with Crippen molar-refractivity contribution in [3.8, 4) is 0 Å². The second-order valence-corrected chi connectivity index (χ2v) is 7.38. The minimum absolute atomic E-state index is 0.257. The van der Waals surface area contributed by atoms with E-state index in [4.69, 9.17) is 0 Å². The molecule has 2 saturated heterocycles.